The van der Waals surface area contributed by atoms with Crippen molar-refractivity contribution in [3.05, 3.63) is 39.4 Å². The van der Waals surface area contributed by atoms with Crippen LogP contribution in [0.4, 0.5) is 5.69 Å². The maximum absolute atomic E-state index is 12.7. The second-order valence-electron chi connectivity index (χ2n) is 6.00. The number of hydrogen-bond acceptors (Lipinski definition) is 4. The Morgan fingerprint density at radius 1 is 1.36 bits per heavy atom. The molecular formula is C15H20ClN3O3. The van der Waals surface area contributed by atoms with Gasteiger partial charge in [0, 0.05) is 19.2 Å². The van der Waals surface area contributed by atoms with Crippen LogP contribution in [0.2, 0.25) is 0 Å². The summed E-state index contributed by atoms with van der Waals surface area (Å²) < 4.78 is 0. The quantitative estimate of drug-likeness (QED) is 0.666. The molecule has 2 aliphatic rings. The number of nitro benzene ring substituents is 1. The van der Waals surface area contributed by atoms with E-state index in [2.05, 4.69) is 5.32 Å². The number of nitrogens with zero attached hydrogens (tertiary/aromatic N) is 2. The Hall–Kier alpha value is -1.66. The molecule has 0 saturated carbocycles. The number of likely N-dealkylation sites (tertiary alicyclic amines) is 1. The summed E-state index contributed by atoms with van der Waals surface area (Å²) in [7, 11) is 0. The van der Waals surface area contributed by atoms with Crippen LogP contribution in [0.15, 0.2) is 18.2 Å². The number of halogens is 1. The van der Waals surface area contributed by atoms with Crippen LogP contribution in [0, 0.1) is 28.9 Å². The number of benzene rings is 1. The first-order valence-corrected chi connectivity index (χ1v) is 7.31. The van der Waals surface area contributed by atoms with Crippen molar-refractivity contribution in [1.82, 2.24) is 10.2 Å². The van der Waals surface area contributed by atoms with Gasteiger partial charge in [0.15, 0.2) is 0 Å². The lowest BCUT2D eigenvalue weighted by atomic mass is 9.88. The summed E-state index contributed by atoms with van der Waals surface area (Å²) in [6.07, 6.45) is 0.975. The van der Waals surface area contributed by atoms with Crippen molar-refractivity contribution < 1.29 is 9.72 Å². The second kappa shape index (κ2) is 6.62. The minimum Gasteiger partial charge on any atom is -0.338 e. The van der Waals surface area contributed by atoms with Gasteiger partial charge in [-0.3, -0.25) is 14.9 Å². The van der Waals surface area contributed by atoms with Crippen LogP contribution in [-0.4, -0.2) is 41.9 Å². The molecule has 1 N–H and O–H groups in total. The van der Waals surface area contributed by atoms with E-state index in [1.807, 2.05) is 6.92 Å². The molecule has 7 heteroatoms. The van der Waals surface area contributed by atoms with Crippen LogP contribution in [0.3, 0.4) is 0 Å². The van der Waals surface area contributed by atoms with E-state index in [0.29, 0.717) is 24.9 Å². The van der Waals surface area contributed by atoms with Crippen LogP contribution >= 0.6 is 12.4 Å². The predicted octanol–water partition coefficient (Wildman–Crippen LogP) is 2.01. The van der Waals surface area contributed by atoms with E-state index in [-0.39, 0.29) is 29.6 Å². The average Bonchev–Trinajstić information content (AvgIpc) is 2.93. The zero-order chi connectivity index (χ0) is 15.0. The van der Waals surface area contributed by atoms with Gasteiger partial charge in [-0.2, -0.15) is 0 Å². The van der Waals surface area contributed by atoms with Gasteiger partial charge < -0.3 is 10.2 Å². The summed E-state index contributed by atoms with van der Waals surface area (Å²) in [6, 6.07) is 4.72. The van der Waals surface area contributed by atoms with Crippen LogP contribution in [-0.2, 0) is 0 Å². The standard InChI is InChI=1S/C15H19N3O3.ClH/c1-10-2-3-14(18(20)21)13(6-10)15(19)17-5-4-11-7-16-8-12(11)9-17;/h2-3,6,11-12,16H,4-5,7-9H2,1H3;1H. The van der Waals surface area contributed by atoms with Crippen LogP contribution in [0.5, 0.6) is 0 Å². The molecule has 120 valence electrons. The predicted molar refractivity (Wildman–Crippen MR) is 85.5 cm³/mol. The molecule has 2 fully saturated rings. The molecule has 0 aliphatic carbocycles. The Balaban J connectivity index is 0.00000176. The van der Waals surface area contributed by atoms with Gasteiger partial charge in [0.2, 0.25) is 0 Å². The molecule has 2 saturated heterocycles. The largest absolute Gasteiger partial charge is 0.338 e. The zero-order valence-corrected chi connectivity index (χ0v) is 13.3. The van der Waals surface area contributed by atoms with E-state index in [0.717, 1.165) is 25.1 Å². The fraction of sp³-hybridized carbons (Fsp3) is 0.533. The highest BCUT2D eigenvalue weighted by Crippen LogP contribution is 2.29. The first-order valence-electron chi connectivity index (χ1n) is 7.31. The van der Waals surface area contributed by atoms with E-state index in [4.69, 9.17) is 0 Å². The fourth-order valence-corrected chi connectivity index (χ4v) is 3.37. The van der Waals surface area contributed by atoms with Gasteiger partial charge in [-0.25, -0.2) is 0 Å². The van der Waals surface area contributed by atoms with E-state index in [1.54, 1.807) is 17.0 Å². The summed E-state index contributed by atoms with van der Waals surface area (Å²) >= 11 is 0. The monoisotopic (exact) mass is 325 g/mol. The fourth-order valence-electron chi connectivity index (χ4n) is 3.37. The van der Waals surface area contributed by atoms with Crippen molar-refractivity contribution in [1.29, 1.82) is 0 Å². The molecule has 2 unspecified atom stereocenters. The number of nitrogens with one attached hydrogen (secondary N) is 1. The summed E-state index contributed by atoms with van der Waals surface area (Å²) in [6.45, 7) is 5.18. The lowest BCUT2D eigenvalue weighted by molar-refractivity contribution is -0.385. The molecule has 0 radical (unpaired) electrons. The maximum atomic E-state index is 12.7. The Morgan fingerprint density at radius 3 is 2.82 bits per heavy atom. The van der Waals surface area contributed by atoms with Gasteiger partial charge in [-0.1, -0.05) is 6.07 Å². The number of aryl methyl sites for hydroxylation is 1. The minimum atomic E-state index is -0.476. The topological polar surface area (TPSA) is 75.5 Å². The van der Waals surface area contributed by atoms with Crippen molar-refractivity contribution in [2.24, 2.45) is 11.8 Å². The molecule has 6 nitrogen and oxygen atoms in total. The smallest absolute Gasteiger partial charge is 0.282 e. The Bertz CT molecular complexity index is 593. The number of piperidine rings is 1. The highest BCUT2D eigenvalue weighted by Gasteiger charge is 2.36. The molecule has 1 aromatic carbocycles. The first kappa shape index (κ1) is 16.7. The molecular weight excluding hydrogens is 306 g/mol. The van der Waals surface area contributed by atoms with E-state index in [9.17, 15) is 14.9 Å². The SMILES string of the molecule is Cc1ccc([N+](=O)[O-])c(C(=O)N2CCC3CNCC3C2)c1.Cl. The minimum absolute atomic E-state index is 0. The van der Waals surface area contributed by atoms with Gasteiger partial charge in [0.1, 0.15) is 5.56 Å². The number of fused-ring (bicyclic) bond motifs is 1. The molecule has 3 rings (SSSR count). The molecule has 2 heterocycles. The third-order valence-electron chi connectivity index (χ3n) is 4.57. The summed E-state index contributed by atoms with van der Waals surface area (Å²) in [5, 5.41) is 14.5. The molecule has 2 atom stereocenters. The van der Waals surface area contributed by atoms with Crippen molar-refractivity contribution >= 4 is 24.0 Å². The number of hydrogen-bond donors (Lipinski definition) is 1. The number of amides is 1. The van der Waals surface area contributed by atoms with Gasteiger partial charge >= 0.3 is 0 Å². The zero-order valence-electron chi connectivity index (χ0n) is 12.4. The molecule has 0 aromatic heterocycles. The van der Waals surface area contributed by atoms with Gasteiger partial charge in [0.25, 0.3) is 11.6 Å². The molecule has 1 aromatic rings. The summed E-state index contributed by atoms with van der Waals surface area (Å²) in [5.41, 5.74) is 0.975. The lowest BCUT2D eigenvalue weighted by Crippen LogP contribution is -2.43. The lowest BCUT2D eigenvalue weighted by Gasteiger charge is -2.34. The molecule has 0 spiro atoms. The number of carbonyl (C=O) groups excluding carboxylic acids is 1. The van der Waals surface area contributed by atoms with Crippen molar-refractivity contribution in [2.75, 3.05) is 26.2 Å². The Labute approximate surface area is 135 Å². The first-order chi connectivity index (χ1) is 10.1. The maximum Gasteiger partial charge on any atom is 0.282 e. The second-order valence-corrected chi connectivity index (χ2v) is 6.00. The van der Waals surface area contributed by atoms with Crippen molar-refractivity contribution in [2.45, 2.75) is 13.3 Å². The Kier molecular flexibility index (Phi) is 5.03. The highest BCUT2D eigenvalue weighted by atomic mass is 35.5. The van der Waals surface area contributed by atoms with Crippen LogP contribution < -0.4 is 5.32 Å². The third kappa shape index (κ3) is 3.08. The average molecular weight is 326 g/mol. The number of nitro groups is 1. The summed E-state index contributed by atoms with van der Waals surface area (Å²) in [5.74, 6) is 0.906. The van der Waals surface area contributed by atoms with Crippen molar-refractivity contribution in [3.8, 4) is 0 Å². The van der Waals surface area contributed by atoms with E-state index >= 15 is 0 Å². The third-order valence-corrected chi connectivity index (χ3v) is 4.57. The van der Waals surface area contributed by atoms with Crippen LogP contribution in [0.1, 0.15) is 22.3 Å². The van der Waals surface area contributed by atoms with Crippen LogP contribution in [0.25, 0.3) is 0 Å². The highest BCUT2D eigenvalue weighted by molar-refractivity contribution is 5.98. The molecule has 2 aliphatic heterocycles. The van der Waals surface area contributed by atoms with E-state index in [1.165, 1.54) is 6.07 Å². The molecule has 0 bridgehead atoms. The summed E-state index contributed by atoms with van der Waals surface area (Å²) in [4.78, 5) is 25.1. The molecule has 1 amide bonds. The molecule has 22 heavy (non-hydrogen) atoms. The number of rotatable bonds is 2. The normalized spacial score (nSPS) is 23.6. The number of carbonyl (C=O) groups is 1. The van der Waals surface area contributed by atoms with Crippen molar-refractivity contribution in [3.63, 3.8) is 0 Å². The van der Waals surface area contributed by atoms with E-state index < -0.39 is 4.92 Å². The van der Waals surface area contributed by atoms with Gasteiger partial charge in [0.05, 0.1) is 4.92 Å². The van der Waals surface area contributed by atoms with Gasteiger partial charge in [-0.05, 0) is 49.9 Å². The Morgan fingerprint density at radius 2 is 2.09 bits per heavy atom. The van der Waals surface area contributed by atoms with Gasteiger partial charge in [-0.15, -0.1) is 12.4 Å².